The lowest BCUT2D eigenvalue weighted by Gasteiger charge is -2.19. The third-order valence-corrected chi connectivity index (χ3v) is 6.95. The van der Waals surface area contributed by atoms with E-state index in [1.165, 1.54) is 0 Å². The second-order valence-corrected chi connectivity index (χ2v) is 9.58. The number of benzene rings is 4. The lowest BCUT2D eigenvalue weighted by Crippen LogP contribution is -2.38. The van der Waals surface area contributed by atoms with Gasteiger partial charge in [-0.1, -0.05) is 0 Å². The molecular weight excluding hydrogens is 742 g/mol. The second kappa shape index (κ2) is 12.2. The second-order valence-electron chi connectivity index (χ2n) is 9.58. The van der Waals surface area contributed by atoms with Crippen LogP contribution in [-0.4, -0.2) is 0 Å². The number of halogens is 20. The van der Waals surface area contributed by atoms with Crippen molar-refractivity contribution in [2.45, 2.75) is 0 Å². The molecule has 0 amide bonds. The standard InChI is InChI=1S/C29H2F20N/c30-8-5(9(31)15(37)20(42)14(8)36)3-1-2-50(29-26(48)24(46)23(45)25(47)27(29)49)28(7-12(34)18(40)22(44)19(41)13(7)35)4(3)6-10(32)16(38)21(43)17(39)11(6)33/h1-2H/q+1. The Morgan fingerprint density at radius 2 is 0.520 bits per heavy atom. The van der Waals surface area contributed by atoms with E-state index in [-0.39, 0.29) is 12.3 Å². The number of pyridine rings is 1. The number of nitrogens with zero attached hydrogens (tertiary/aromatic N) is 1. The maximum atomic E-state index is 15.4. The summed E-state index contributed by atoms with van der Waals surface area (Å²) in [5.41, 5.74) is -18.1. The first-order valence-electron chi connectivity index (χ1n) is 12.4. The van der Waals surface area contributed by atoms with Crippen LogP contribution in [0, 0.1) is 116 Å². The van der Waals surface area contributed by atoms with Gasteiger partial charge < -0.3 is 0 Å². The molecule has 1 heterocycles. The summed E-state index contributed by atoms with van der Waals surface area (Å²) in [5.74, 6) is -61.8. The van der Waals surface area contributed by atoms with Crippen molar-refractivity contribution in [3.63, 3.8) is 0 Å². The summed E-state index contributed by atoms with van der Waals surface area (Å²) in [5, 5.41) is 0. The Morgan fingerprint density at radius 1 is 0.260 bits per heavy atom. The predicted molar refractivity (Wildman–Crippen MR) is 123 cm³/mol. The van der Waals surface area contributed by atoms with Crippen LogP contribution >= 0.6 is 0 Å². The van der Waals surface area contributed by atoms with E-state index in [4.69, 9.17) is 0 Å². The molecule has 4 aromatic carbocycles. The van der Waals surface area contributed by atoms with Gasteiger partial charge in [0.2, 0.25) is 52.2 Å². The van der Waals surface area contributed by atoms with Crippen LogP contribution in [0.3, 0.4) is 0 Å². The zero-order valence-electron chi connectivity index (χ0n) is 22.7. The van der Waals surface area contributed by atoms with E-state index in [0.29, 0.717) is 0 Å². The van der Waals surface area contributed by atoms with Gasteiger partial charge in [0.25, 0.3) is 5.69 Å². The van der Waals surface area contributed by atoms with Gasteiger partial charge in [0.05, 0.1) is 16.7 Å². The molecule has 0 saturated heterocycles. The van der Waals surface area contributed by atoms with E-state index < -0.39 is 160 Å². The van der Waals surface area contributed by atoms with Gasteiger partial charge in [-0.05, 0) is 0 Å². The molecule has 5 aromatic rings. The van der Waals surface area contributed by atoms with Crippen LogP contribution < -0.4 is 4.57 Å². The van der Waals surface area contributed by atoms with Gasteiger partial charge in [-0.3, -0.25) is 0 Å². The van der Waals surface area contributed by atoms with Crippen LogP contribution in [0.5, 0.6) is 0 Å². The predicted octanol–water partition coefficient (Wildman–Crippen LogP) is 9.75. The van der Waals surface area contributed by atoms with E-state index in [9.17, 15) is 52.7 Å². The smallest absolute Gasteiger partial charge is 0.203 e. The van der Waals surface area contributed by atoms with Crippen LogP contribution in [0.25, 0.3) is 39.2 Å². The molecule has 0 spiro atoms. The first-order chi connectivity index (χ1) is 23.2. The zero-order valence-corrected chi connectivity index (χ0v) is 22.7. The molecule has 0 atom stereocenters. The van der Waals surface area contributed by atoms with Crippen molar-refractivity contribution < 1.29 is 92.4 Å². The maximum absolute atomic E-state index is 15.4. The van der Waals surface area contributed by atoms with E-state index >= 15 is 35.1 Å². The Morgan fingerprint density at radius 3 is 0.860 bits per heavy atom. The van der Waals surface area contributed by atoms with Crippen molar-refractivity contribution in [3.8, 4) is 39.2 Å². The third kappa shape index (κ3) is 4.83. The molecular formula is C29H2F20N+. The van der Waals surface area contributed by atoms with Crippen molar-refractivity contribution in [1.29, 1.82) is 0 Å². The van der Waals surface area contributed by atoms with E-state index in [1.807, 2.05) is 0 Å². The lowest BCUT2D eigenvalue weighted by atomic mass is 9.88. The van der Waals surface area contributed by atoms with Crippen molar-refractivity contribution in [2.24, 2.45) is 0 Å². The first-order valence-corrected chi connectivity index (χ1v) is 12.4. The Labute approximate surface area is 260 Å². The number of hydrogen-bond acceptors (Lipinski definition) is 0. The summed E-state index contributed by atoms with van der Waals surface area (Å²) < 4.78 is 292. The number of hydrogen-bond donors (Lipinski definition) is 0. The third-order valence-electron chi connectivity index (χ3n) is 6.95. The molecule has 0 radical (unpaired) electrons. The molecule has 1 aromatic heterocycles. The van der Waals surface area contributed by atoms with Gasteiger partial charge in [-0.15, -0.1) is 0 Å². The van der Waals surface area contributed by atoms with Crippen molar-refractivity contribution >= 4 is 0 Å². The average molecular weight is 744 g/mol. The quantitative estimate of drug-likeness (QED) is 0.0748. The monoisotopic (exact) mass is 744 g/mol. The number of rotatable bonds is 4. The molecule has 5 rings (SSSR count). The minimum Gasteiger partial charge on any atom is -0.203 e. The van der Waals surface area contributed by atoms with Crippen LogP contribution in [-0.2, 0) is 0 Å². The van der Waals surface area contributed by atoms with Crippen LogP contribution in [0.1, 0.15) is 0 Å². The summed E-state index contributed by atoms with van der Waals surface area (Å²) in [4.78, 5) is 0. The van der Waals surface area contributed by atoms with Crippen molar-refractivity contribution in [2.75, 3.05) is 0 Å². The molecule has 0 bridgehead atoms. The largest absolute Gasteiger partial charge is 0.289 e. The molecule has 0 N–H and O–H groups in total. The molecule has 262 valence electrons. The van der Waals surface area contributed by atoms with Gasteiger partial charge in [-0.2, -0.15) is 13.3 Å². The fourth-order valence-corrected chi connectivity index (χ4v) is 4.73. The highest BCUT2D eigenvalue weighted by molar-refractivity contribution is 5.92. The Hall–Kier alpha value is -5.37. The number of aromatic nitrogens is 1. The summed E-state index contributed by atoms with van der Waals surface area (Å²) in [7, 11) is 0. The molecule has 50 heavy (non-hydrogen) atoms. The van der Waals surface area contributed by atoms with Crippen molar-refractivity contribution in [3.05, 3.63) is 129 Å². The topological polar surface area (TPSA) is 3.88 Å². The summed E-state index contributed by atoms with van der Waals surface area (Å²) >= 11 is 0. The molecule has 0 unspecified atom stereocenters. The molecule has 0 aliphatic carbocycles. The molecule has 0 fully saturated rings. The van der Waals surface area contributed by atoms with Gasteiger partial charge in [-0.25, -0.2) is 79.0 Å². The van der Waals surface area contributed by atoms with Crippen LogP contribution in [0.2, 0.25) is 0 Å². The van der Waals surface area contributed by atoms with Gasteiger partial charge in [0.1, 0.15) is 5.56 Å². The minimum absolute atomic E-state index is 0.334. The fraction of sp³-hybridized carbons (Fsp3) is 0. The fourth-order valence-electron chi connectivity index (χ4n) is 4.73. The van der Waals surface area contributed by atoms with E-state index in [2.05, 4.69) is 0 Å². The summed E-state index contributed by atoms with van der Waals surface area (Å²) in [6.45, 7) is 0. The highest BCUT2D eigenvalue weighted by Crippen LogP contribution is 2.46. The van der Waals surface area contributed by atoms with Crippen LogP contribution in [0.15, 0.2) is 12.3 Å². The zero-order chi connectivity index (χ0) is 37.6. The Balaban J connectivity index is 2.26. The maximum Gasteiger partial charge on any atom is 0.289 e. The van der Waals surface area contributed by atoms with Gasteiger partial charge in [0.15, 0.2) is 76.0 Å². The highest BCUT2D eigenvalue weighted by Gasteiger charge is 2.43. The first kappa shape index (κ1) is 35.9. The Bertz CT molecular complexity index is 2050. The van der Waals surface area contributed by atoms with Crippen molar-refractivity contribution in [1.82, 2.24) is 0 Å². The normalized spacial score (nSPS) is 11.6. The Kier molecular flexibility index (Phi) is 8.76. The van der Waals surface area contributed by atoms with Gasteiger partial charge in [0, 0.05) is 11.6 Å². The van der Waals surface area contributed by atoms with Crippen LogP contribution in [0.4, 0.5) is 87.8 Å². The molecule has 0 aliphatic heterocycles. The SMILES string of the molecule is Fc1c(F)c(F)c(-c2cc[n+](-c3c(F)c(F)c(F)c(F)c3F)c(-c3c(F)c(F)c(F)c(F)c3F)c2-c2c(F)c(F)c(F)c(F)c2F)c(F)c1F. The van der Waals surface area contributed by atoms with E-state index in [1.54, 1.807) is 0 Å². The summed E-state index contributed by atoms with van der Waals surface area (Å²) in [6.07, 6.45) is -0.380. The molecule has 0 saturated carbocycles. The van der Waals surface area contributed by atoms with E-state index in [0.717, 1.165) is 0 Å². The summed E-state index contributed by atoms with van der Waals surface area (Å²) in [6, 6.07) is -0.334. The lowest BCUT2D eigenvalue weighted by molar-refractivity contribution is -0.588. The average Bonchev–Trinajstić information content (AvgIpc) is 3.09. The molecule has 1 nitrogen and oxygen atoms in total. The molecule has 0 aliphatic rings. The molecule has 21 heteroatoms. The minimum atomic E-state index is -3.20. The highest BCUT2D eigenvalue weighted by atomic mass is 19.2. The van der Waals surface area contributed by atoms with Gasteiger partial charge >= 0.3 is 0 Å².